The van der Waals surface area contributed by atoms with E-state index in [1.165, 1.54) is 12.8 Å². The third-order valence-electron chi connectivity index (χ3n) is 4.86. The second-order valence-electron chi connectivity index (χ2n) is 6.62. The van der Waals surface area contributed by atoms with Gasteiger partial charge in [-0.15, -0.1) is 5.10 Å². The number of nitrogens with one attached hydrogen (secondary N) is 1. The third-order valence-corrected chi connectivity index (χ3v) is 5.21. The summed E-state index contributed by atoms with van der Waals surface area (Å²) in [6.45, 7) is 4.47. The van der Waals surface area contributed by atoms with Crippen molar-refractivity contribution in [3.8, 4) is 0 Å². The first-order valence-corrected chi connectivity index (χ1v) is 9.81. The van der Waals surface area contributed by atoms with E-state index in [-0.39, 0.29) is 6.17 Å². The molecule has 1 heterocycles. The van der Waals surface area contributed by atoms with Crippen LogP contribution in [-0.4, -0.2) is 20.0 Å². The molecule has 0 bridgehead atoms. The van der Waals surface area contributed by atoms with Gasteiger partial charge in [-0.1, -0.05) is 86.6 Å². The number of para-hydroxylation sites is 1. The van der Waals surface area contributed by atoms with Crippen molar-refractivity contribution in [2.75, 3.05) is 0 Å². The van der Waals surface area contributed by atoms with E-state index in [2.05, 4.69) is 35.5 Å². The summed E-state index contributed by atoms with van der Waals surface area (Å²) in [6.07, 6.45) is 4.57. The molecule has 2 unspecified atom stereocenters. The molecule has 1 N–H and O–H groups in total. The smallest absolute Gasteiger partial charge is 0.126 e. The lowest BCUT2D eigenvalue weighted by Crippen LogP contribution is -2.37. The molecule has 0 amide bonds. The fraction of sp³-hybridized carbons (Fsp3) is 0.381. The molecule has 3 rings (SSSR count). The maximum atomic E-state index is 5.70. The van der Waals surface area contributed by atoms with Crippen molar-refractivity contribution in [2.45, 2.75) is 45.7 Å². The molecule has 0 aliphatic rings. The van der Waals surface area contributed by atoms with Gasteiger partial charge in [0.15, 0.2) is 0 Å². The fourth-order valence-electron chi connectivity index (χ4n) is 3.33. The maximum Gasteiger partial charge on any atom is 0.126 e. The van der Waals surface area contributed by atoms with E-state index in [9.17, 15) is 0 Å². The molecule has 26 heavy (non-hydrogen) atoms. The molecule has 5 heteroatoms. The summed E-state index contributed by atoms with van der Waals surface area (Å²) in [7, 11) is 0. The molecule has 0 saturated heterocycles. The van der Waals surface area contributed by atoms with Crippen molar-refractivity contribution in [2.24, 2.45) is 5.92 Å². The summed E-state index contributed by atoms with van der Waals surface area (Å²) < 4.78 is 2.01. The topological polar surface area (TPSA) is 42.7 Å². The Bertz CT molecular complexity index is 843. The SMILES string of the molecule is CCCCC(CC)C(NC(=S)c1ccccc1)n1nnc2ccccc21. The van der Waals surface area contributed by atoms with E-state index < -0.39 is 0 Å². The Balaban J connectivity index is 1.94. The van der Waals surface area contributed by atoms with Gasteiger partial charge in [-0.05, 0) is 30.9 Å². The zero-order valence-electron chi connectivity index (χ0n) is 15.4. The van der Waals surface area contributed by atoms with E-state index in [1.54, 1.807) is 0 Å². The monoisotopic (exact) mass is 366 g/mol. The third kappa shape index (κ3) is 4.10. The van der Waals surface area contributed by atoms with Crippen LogP contribution >= 0.6 is 12.2 Å². The molecule has 4 nitrogen and oxygen atoms in total. The number of unbranched alkanes of at least 4 members (excludes halogenated alkanes) is 1. The number of aromatic nitrogens is 3. The van der Waals surface area contributed by atoms with Gasteiger partial charge >= 0.3 is 0 Å². The first-order valence-electron chi connectivity index (χ1n) is 9.40. The minimum absolute atomic E-state index is 0.00773. The summed E-state index contributed by atoms with van der Waals surface area (Å²) in [5, 5.41) is 12.4. The van der Waals surface area contributed by atoms with Gasteiger partial charge in [-0.25, -0.2) is 4.68 Å². The van der Waals surface area contributed by atoms with Crippen LogP contribution in [0.1, 0.15) is 51.3 Å². The Morgan fingerprint density at radius 3 is 2.54 bits per heavy atom. The number of rotatable bonds is 8. The van der Waals surface area contributed by atoms with Crippen LogP contribution < -0.4 is 5.32 Å². The highest BCUT2D eigenvalue weighted by molar-refractivity contribution is 7.80. The fourth-order valence-corrected chi connectivity index (χ4v) is 3.59. The van der Waals surface area contributed by atoms with Crippen molar-refractivity contribution in [1.82, 2.24) is 20.3 Å². The lowest BCUT2D eigenvalue weighted by Gasteiger charge is -2.29. The molecule has 0 radical (unpaired) electrons. The van der Waals surface area contributed by atoms with Gasteiger partial charge in [0.05, 0.1) is 5.52 Å². The average molecular weight is 367 g/mol. The molecule has 0 aliphatic heterocycles. The van der Waals surface area contributed by atoms with E-state index in [4.69, 9.17) is 12.2 Å². The molecular weight excluding hydrogens is 340 g/mol. The zero-order chi connectivity index (χ0) is 18.4. The van der Waals surface area contributed by atoms with Crippen LogP contribution in [0.4, 0.5) is 0 Å². The Hall–Kier alpha value is -2.27. The molecule has 2 atom stereocenters. The van der Waals surface area contributed by atoms with Crippen molar-refractivity contribution >= 4 is 28.2 Å². The van der Waals surface area contributed by atoms with Crippen molar-refractivity contribution in [3.05, 3.63) is 60.2 Å². The van der Waals surface area contributed by atoms with Crippen LogP contribution in [0.3, 0.4) is 0 Å². The summed E-state index contributed by atoms with van der Waals surface area (Å²) in [5.74, 6) is 0.432. The first-order chi connectivity index (χ1) is 12.7. The molecule has 136 valence electrons. The number of thiocarbonyl (C=S) groups is 1. The van der Waals surface area contributed by atoms with Gasteiger partial charge in [-0.3, -0.25) is 0 Å². The summed E-state index contributed by atoms with van der Waals surface area (Å²) >= 11 is 5.70. The number of nitrogens with zero attached hydrogens (tertiary/aromatic N) is 3. The standard InChI is InChI=1S/C21H26N4S/c1-3-5-11-16(4-2)20(22-21(26)17-12-7-6-8-13-17)25-19-15-10-9-14-18(19)23-24-25/h6-10,12-16,20H,3-5,11H2,1-2H3,(H,22,26). The minimum atomic E-state index is -0.00773. The van der Waals surface area contributed by atoms with Crippen molar-refractivity contribution in [3.63, 3.8) is 0 Å². The second kappa shape index (κ2) is 8.90. The lowest BCUT2D eigenvalue weighted by molar-refractivity contribution is 0.261. The molecule has 2 aromatic carbocycles. The number of hydrogen-bond donors (Lipinski definition) is 1. The Morgan fingerprint density at radius 1 is 1.08 bits per heavy atom. The van der Waals surface area contributed by atoms with E-state index in [0.717, 1.165) is 34.4 Å². The molecule has 0 spiro atoms. The summed E-state index contributed by atoms with van der Waals surface area (Å²) in [5.41, 5.74) is 2.98. The Labute approximate surface area is 160 Å². The Morgan fingerprint density at radius 2 is 1.81 bits per heavy atom. The lowest BCUT2D eigenvalue weighted by atomic mass is 9.95. The highest BCUT2D eigenvalue weighted by atomic mass is 32.1. The van der Waals surface area contributed by atoms with Crippen LogP contribution in [-0.2, 0) is 0 Å². The van der Waals surface area contributed by atoms with Crippen LogP contribution in [0.15, 0.2) is 54.6 Å². The quantitative estimate of drug-likeness (QED) is 0.563. The van der Waals surface area contributed by atoms with Crippen LogP contribution in [0.25, 0.3) is 11.0 Å². The molecular formula is C21H26N4S. The second-order valence-corrected chi connectivity index (χ2v) is 7.03. The average Bonchev–Trinajstić information content (AvgIpc) is 3.12. The predicted octanol–water partition coefficient (Wildman–Crippen LogP) is 5.11. The minimum Gasteiger partial charge on any atom is -0.354 e. The van der Waals surface area contributed by atoms with Gasteiger partial charge in [0, 0.05) is 5.56 Å². The maximum absolute atomic E-state index is 5.70. The molecule has 3 aromatic rings. The molecule has 0 aliphatic carbocycles. The normalized spacial score (nSPS) is 13.5. The highest BCUT2D eigenvalue weighted by Gasteiger charge is 2.25. The number of hydrogen-bond acceptors (Lipinski definition) is 3. The van der Waals surface area contributed by atoms with E-state index in [0.29, 0.717) is 5.92 Å². The first kappa shape index (κ1) is 18.5. The van der Waals surface area contributed by atoms with E-state index in [1.807, 2.05) is 53.2 Å². The molecule has 1 aromatic heterocycles. The van der Waals surface area contributed by atoms with Gasteiger partial charge in [0.25, 0.3) is 0 Å². The number of fused-ring (bicyclic) bond motifs is 1. The molecule has 0 saturated carbocycles. The summed E-state index contributed by atoms with van der Waals surface area (Å²) in [6, 6.07) is 18.2. The van der Waals surface area contributed by atoms with Crippen LogP contribution in [0.2, 0.25) is 0 Å². The largest absolute Gasteiger partial charge is 0.354 e. The van der Waals surface area contributed by atoms with Crippen LogP contribution in [0, 0.1) is 5.92 Å². The van der Waals surface area contributed by atoms with Gasteiger partial charge < -0.3 is 5.32 Å². The Kier molecular flexibility index (Phi) is 6.34. The molecule has 0 fully saturated rings. The van der Waals surface area contributed by atoms with Crippen LogP contribution in [0.5, 0.6) is 0 Å². The van der Waals surface area contributed by atoms with Gasteiger partial charge in [0.1, 0.15) is 16.7 Å². The predicted molar refractivity (Wildman–Crippen MR) is 111 cm³/mol. The zero-order valence-corrected chi connectivity index (χ0v) is 16.2. The highest BCUT2D eigenvalue weighted by Crippen LogP contribution is 2.27. The summed E-state index contributed by atoms with van der Waals surface area (Å²) in [4.78, 5) is 0.755. The van der Waals surface area contributed by atoms with Gasteiger partial charge in [0.2, 0.25) is 0 Å². The van der Waals surface area contributed by atoms with Gasteiger partial charge in [-0.2, -0.15) is 0 Å². The van der Waals surface area contributed by atoms with Crippen molar-refractivity contribution < 1.29 is 0 Å². The van der Waals surface area contributed by atoms with E-state index >= 15 is 0 Å². The number of benzene rings is 2. The van der Waals surface area contributed by atoms with Crippen molar-refractivity contribution in [1.29, 1.82) is 0 Å².